The van der Waals surface area contributed by atoms with E-state index in [1.807, 2.05) is 0 Å². The highest BCUT2D eigenvalue weighted by atomic mass is 35.7. The van der Waals surface area contributed by atoms with Crippen LogP contribution in [-0.2, 0) is 23.7 Å². The number of benzene rings is 1. The van der Waals surface area contributed by atoms with Crippen LogP contribution in [0.3, 0.4) is 0 Å². The molecule has 116 valence electrons. The van der Waals surface area contributed by atoms with Crippen LogP contribution in [0, 0.1) is 5.82 Å². The number of sulfone groups is 1. The summed E-state index contributed by atoms with van der Waals surface area (Å²) < 4.78 is 59.3. The number of hydrogen-bond donors (Lipinski definition) is 0. The second-order valence-corrected chi connectivity index (χ2v) is 9.62. The second-order valence-electron chi connectivity index (χ2n) is 4.69. The molecule has 2 rings (SSSR count). The molecule has 1 heterocycles. The molecular weight excluding hydrogens is 345 g/mol. The molecule has 1 unspecified atom stereocenters. The topological polar surface area (TPSA) is 88.6 Å². The molecular formula is C11H11ClFNO5S2. The van der Waals surface area contributed by atoms with Crippen molar-refractivity contribution in [3.05, 3.63) is 24.0 Å². The van der Waals surface area contributed by atoms with Crippen molar-refractivity contribution < 1.29 is 26.0 Å². The molecule has 0 spiro atoms. The molecule has 21 heavy (non-hydrogen) atoms. The van der Waals surface area contributed by atoms with Gasteiger partial charge < -0.3 is 4.90 Å². The Morgan fingerprint density at radius 1 is 1.29 bits per heavy atom. The molecule has 1 fully saturated rings. The van der Waals surface area contributed by atoms with Crippen molar-refractivity contribution in [3.63, 3.8) is 0 Å². The quantitative estimate of drug-likeness (QED) is 0.593. The maximum atomic E-state index is 13.8. The summed E-state index contributed by atoms with van der Waals surface area (Å²) >= 11 is 0. The molecule has 0 bridgehead atoms. The van der Waals surface area contributed by atoms with Gasteiger partial charge in [0.1, 0.15) is 11.1 Å². The highest BCUT2D eigenvalue weighted by molar-refractivity contribution is 8.14. The Morgan fingerprint density at radius 3 is 2.38 bits per heavy atom. The fourth-order valence-electron chi connectivity index (χ4n) is 2.03. The van der Waals surface area contributed by atoms with Gasteiger partial charge >= 0.3 is 0 Å². The lowest BCUT2D eigenvalue weighted by molar-refractivity contribution is -0.117. The SMILES string of the molecule is CS(=O)(=O)c1ccc(F)c(N2CC(S(=O)(=O)Cl)CC2=O)c1. The molecule has 10 heteroatoms. The van der Waals surface area contributed by atoms with Crippen LogP contribution in [0.5, 0.6) is 0 Å². The van der Waals surface area contributed by atoms with Gasteiger partial charge in [0.25, 0.3) is 0 Å². The Hall–Kier alpha value is -1.19. The summed E-state index contributed by atoms with van der Waals surface area (Å²) in [5.41, 5.74) is -0.272. The lowest BCUT2D eigenvalue weighted by Gasteiger charge is -2.17. The number of carbonyl (C=O) groups excluding carboxylic acids is 1. The Balaban J connectivity index is 2.46. The van der Waals surface area contributed by atoms with Crippen LogP contribution in [0.1, 0.15) is 6.42 Å². The molecule has 6 nitrogen and oxygen atoms in total. The molecule has 0 aromatic heterocycles. The standard InChI is InChI=1S/C11H11ClFNO5S2/c1-20(16,17)7-2-3-9(13)10(4-7)14-6-8(5-11(14)15)21(12,18)19/h2-4,8H,5-6H2,1H3. The van der Waals surface area contributed by atoms with Gasteiger partial charge in [0, 0.05) is 29.9 Å². The lowest BCUT2D eigenvalue weighted by Crippen LogP contribution is -2.27. The first-order valence-corrected chi connectivity index (χ1v) is 10.00. The van der Waals surface area contributed by atoms with Crippen molar-refractivity contribution >= 4 is 41.2 Å². The summed E-state index contributed by atoms with van der Waals surface area (Å²) in [6.07, 6.45) is 0.580. The Bertz CT molecular complexity index is 806. The van der Waals surface area contributed by atoms with Gasteiger partial charge in [0.2, 0.25) is 15.0 Å². The van der Waals surface area contributed by atoms with Crippen molar-refractivity contribution in [2.45, 2.75) is 16.6 Å². The summed E-state index contributed by atoms with van der Waals surface area (Å²) in [5.74, 6) is -1.45. The van der Waals surface area contributed by atoms with E-state index in [9.17, 15) is 26.0 Å². The number of nitrogens with zero attached hydrogens (tertiary/aromatic N) is 1. The third-order valence-corrected chi connectivity index (χ3v) is 6.10. The van der Waals surface area contributed by atoms with Gasteiger partial charge in [-0.15, -0.1) is 0 Å². The van der Waals surface area contributed by atoms with E-state index in [0.717, 1.165) is 29.4 Å². The number of anilines is 1. The summed E-state index contributed by atoms with van der Waals surface area (Å²) in [5, 5.41) is -1.15. The highest BCUT2D eigenvalue weighted by Crippen LogP contribution is 2.30. The summed E-state index contributed by atoms with van der Waals surface area (Å²) in [6, 6.07) is 3.00. The third-order valence-electron chi connectivity index (χ3n) is 3.12. The first-order chi connectivity index (χ1) is 9.50. The molecule has 0 saturated carbocycles. The van der Waals surface area contributed by atoms with Crippen molar-refractivity contribution in [1.29, 1.82) is 0 Å². The van der Waals surface area contributed by atoms with Crippen LogP contribution in [-0.4, -0.2) is 40.8 Å². The predicted octanol–water partition coefficient (Wildman–Crippen LogP) is 0.903. The predicted molar refractivity (Wildman–Crippen MR) is 75.0 cm³/mol. The molecule has 1 atom stereocenters. The van der Waals surface area contributed by atoms with Crippen LogP contribution in [0.25, 0.3) is 0 Å². The molecule has 1 amide bonds. The van der Waals surface area contributed by atoms with E-state index in [1.54, 1.807) is 0 Å². The minimum Gasteiger partial charge on any atom is -0.308 e. The van der Waals surface area contributed by atoms with Gasteiger partial charge in [-0.1, -0.05) is 0 Å². The zero-order valence-corrected chi connectivity index (χ0v) is 13.2. The first-order valence-electron chi connectivity index (χ1n) is 5.73. The smallest absolute Gasteiger partial charge is 0.237 e. The molecule has 0 aliphatic carbocycles. The van der Waals surface area contributed by atoms with Crippen LogP contribution < -0.4 is 4.90 Å². The summed E-state index contributed by atoms with van der Waals surface area (Å²) in [6.45, 7) is -0.311. The lowest BCUT2D eigenvalue weighted by atomic mass is 10.3. The number of amides is 1. The Labute approximate surface area is 125 Å². The average Bonchev–Trinajstić information content (AvgIpc) is 2.70. The normalized spacial score (nSPS) is 20.0. The molecule has 0 radical (unpaired) electrons. The second kappa shape index (κ2) is 5.22. The van der Waals surface area contributed by atoms with Gasteiger partial charge in [-0.05, 0) is 18.2 Å². The number of hydrogen-bond acceptors (Lipinski definition) is 5. The van der Waals surface area contributed by atoms with Crippen LogP contribution in [0.4, 0.5) is 10.1 Å². The van der Waals surface area contributed by atoms with E-state index in [-0.39, 0.29) is 23.5 Å². The van der Waals surface area contributed by atoms with Gasteiger partial charge in [0.15, 0.2) is 9.84 Å². The van der Waals surface area contributed by atoms with Crippen LogP contribution >= 0.6 is 10.7 Å². The minimum absolute atomic E-state index is 0.163. The van der Waals surface area contributed by atoms with Crippen molar-refractivity contribution in [3.8, 4) is 0 Å². The van der Waals surface area contributed by atoms with Gasteiger partial charge in [-0.25, -0.2) is 21.2 Å². The van der Waals surface area contributed by atoms with E-state index in [1.165, 1.54) is 0 Å². The maximum Gasteiger partial charge on any atom is 0.237 e. The molecule has 1 saturated heterocycles. The van der Waals surface area contributed by atoms with Crippen LogP contribution in [0.15, 0.2) is 23.1 Å². The molecule has 1 aromatic carbocycles. The van der Waals surface area contributed by atoms with Gasteiger partial charge in [0.05, 0.1) is 10.6 Å². The fourth-order valence-corrected chi connectivity index (χ4v) is 3.69. The largest absolute Gasteiger partial charge is 0.308 e. The maximum absolute atomic E-state index is 13.8. The van der Waals surface area contributed by atoms with E-state index in [2.05, 4.69) is 0 Å². The zero-order valence-electron chi connectivity index (χ0n) is 10.8. The monoisotopic (exact) mass is 355 g/mol. The summed E-state index contributed by atoms with van der Waals surface area (Å²) in [7, 11) is -2.33. The first kappa shape index (κ1) is 16.2. The van der Waals surface area contributed by atoms with Gasteiger partial charge in [-0.2, -0.15) is 0 Å². The third kappa shape index (κ3) is 3.35. The van der Waals surface area contributed by atoms with Gasteiger partial charge in [-0.3, -0.25) is 4.79 Å². The molecule has 1 aliphatic heterocycles. The van der Waals surface area contributed by atoms with Crippen molar-refractivity contribution in [2.75, 3.05) is 17.7 Å². The molecule has 1 aromatic rings. The Morgan fingerprint density at radius 2 is 1.90 bits per heavy atom. The number of halogens is 2. The Kier molecular flexibility index (Phi) is 4.02. The van der Waals surface area contributed by atoms with E-state index >= 15 is 0 Å². The van der Waals surface area contributed by atoms with Crippen LogP contribution in [0.2, 0.25) is 0 Å². The minimum atomic E-state index is -3.96. The van der Waals surface area contributed by atoms with Crippen molar-refractivity contribution in [2.24, 2.45) is 0 Å². The highest BCUT2D eigenvalue weighted by Gasteiger charge is 2.39. The molecule has 0 N–H and O–H groups in total. The summed E-state index contributed by atoms with van der Waals surface area (Å²) in [4.78, 5) is 12.6. The van der Waals surface area contributed by atoms with E-state index in [0.29, 0.717) is 0 Å². The van der Waals surface area contributed by atoms with Crippen molar-refractivity contribution in [1.82, 2.24) is 0 Å². The van der Waals surface area contributed by atoms with E-state index < -0.39 is 35.9 Å². The number of rotatable bonds is 3. The molecule has 1 aliphatic rings. The van der Waals surface area contributed by atoms with E-state index in [4.69, 9.17) is 10.7 Å². The zero-order chi connectivity index (χ0) is 16.0. The number of carbonyl (C=O) groups is 1. The fraction of sp³-hybridized carbons (Fsp3) is 0.364. The average molecular weight is 356 g/mol.